The zero-order chi connectivity index (χ0) is 18.8. The van der Waals surface area contributed by atoms with Crippen molar-refractivity contribution in [2.45, 2.75) is 25.8 Å². The molecule has 0 spiro atoms. The minimum atomic E-state index is -0.896. The zero-order valence-electron chi connectivity index (χ0n) is 14.2. The van der Waals surface area contributed by atoms with Crippen molar-refractivity contribution in [1.82, 2.24) is 15.2 Å². The Labute approximate surface area is 148 Å². The normalized spacial score (nSPS) is 17.4. The second-order valence-electron chi connectivity index (χ2n) is 6.89. The van der Waals surface area contributed by atoms with Gasteiger partial charge in [0.05, 0.1) is 22.2 Å². The Hall–Kier alpha value is -3.42. The predicted molar refractivity (Wildman–Crippen MR) is 93.1 cm³/mol. The molecule has 0 saturated carbocycles. The molecule has 8 heteroatoms. The third kappa shape index (κ3) is 1.95. The van der Waals surface area contributed by atoms with Crippen molar-refractivity contribution in [3.05, 3.63) is 56.9 Å². The summed E-state index contributed by atoms with van der Waals surface area (Å²) in [6.45, 7) is 3.85. The largest absolute Gasteiger partial charge is 0.384 e. The number of fused-ring (bicyclic) bond motifs is 2. The first-order valence-electron chi connectivity index (χ1n) is 8.05. The molecule has 3 amide bonds. The molecule has 0 aliphatic carbocycles. The van der Waals surface area contributed by atoms with Gasteiger partial charge in [-0.2, -0.15) is 0 Å². The lowest BCUT2D eigenvalue weighted by molar-refractivity contribution is -0.126. The topological polar surface area (TPSA) is 123 Å². The second kappa shape index (κ2) is 5.04. The maximum Gasteiger partial charge on any atom is 0.262 e. The van der Waals surface area contributed by atoms with Crippen LogP contribution in [0.1, 0.15) is 45.7 Å². The number of benzene rings is 1. The minimum absolute atomic E-state index is 0.0229. The van der Waals surface area contributed by atoms with Gasteiger partial charge in [-0.1, -0.05) is 12.1 Å². The van der Waals surface area contributed by atoms with Gasteiger partial charge in [0.15, 0.2) is 0 Å². The molecule has 2 aliphatic rings. The Bertz CT molecular complexity index is 1080. The van der Waals surface area contributed by atoms with Crippen LogP contribution in [0.25, 0.3) is 5.69 Å². The number of nitrogens with two attached hydrogens (primary N) is 1. The minimum Gasteiger partial charge on any atom is -0.384 e. The van der Waals surface area contributed by atoms with Crippen molar-refractivity contribution < 1.29 is 14.4 Å². The lowest BCUT2D eigenvalue weighted by Gasteiger charge is -2.34. The van der Waals surface area contributed by atoms with E-state index in [-0.39, 0.29) is 22.9 Å². The van der Waals surface area contributed by atoms with Crippen LogP contribution < -0.4 is 21.9 Å². The molecule has 0 atom stereocenters. The molecular formula is C18H16N4O4. The van der Waals surface area contributed by atoms with Crippen LogP contribution >= 0.6 is 0 Å². The molecular weight excluding hydrogens is 336 g/mol. The van der Waals surface area contributed by atoms with E-state index in [1.165, 1.54) is 4.57 Å². The summed E-state index contributed by atoms with van der Waals surface area (Å²) in [5, 5.41) is 4.96. The van der Waals surface area contributed by atoms with Gasteiger partial charge in [0.25, 0.3) is 17.4 Å². The molecule has 0 fully saturated rings. The fraction of sp³-hybridized carbons (Fsp3) is 0.222. The van der Waals surface area contributed by atoms with E-state index in [4.69, 9.17) is 5.73 Å². The van der Waals surface area contributed by atoms with Crippen LogP contribution in [0.4, 0.5) is 5.82 Å². The molecule has 8 nitrogen and oxygen atoms in total. The summed E-state index contributed by atoms with van der Waals surface area (Å²) >= 11 is 0. The van der Waals surface area contributed by atoms with Crippen molar-refractivity contribution in [1.29, 1.82) is 0 Å². The van der Waals surface area contributed by atoms with Gasteiger partial charge in [-0.05, 0) is 31.0 Å². The quantitative estimate of drug-likeness (QED) is 0.633. The number of carbonyl (C=O) groups is 3. The number of rotatable bonds is 1. The van der Waals surface area contributed by atoms with E-state index in [0.29, 0.717) is 17.8 Å². The fourth-order valence-electron chi connectivity index (χ4n) is 3.68. The Morgan fingerprint density at radius 3 is 2.58 bits per heavy atom. The standard InChI is InChI=1S/C18H16N4O4/c1-18(2)13-8(7-20-17(18)26)4-3-5-10(13)22-11(23)6-9-12(14(22)19)16(25)21-15(9)24/h3-6H,7,19H2,1-2H3,(H,20,26)(H,21,24,25). The molecule has 3 heterocycles. The zero-order valence-corrected chi connectivity index (χ0v) is 14.2. The van der Waals surface area contributed by atoms with Crippen LogP contribution in [0.15, 0.2) is 29.1 Å². The maximum absolute atomic E-state index is 12.7. The Kier molecular flexibility index (Phi) is 3.12. The molecule has 0 saturated heterocycles. The number of carbonyl (C=O) groups excluding carboxylic acids is 3. The maximum atomic E-state index is 12.7. The molecule has 132 valence electrons. The highest BCUT2D eigenvalue weighted by Crippen LogP contribution is 2.36. The van der Waals surface area contributed by atoms with Gasteiger partial charge in [-0.3, -0.25) is 29.1 Å². The highest BCUT2D eigenvalue weighted by Gasteiger charge is 2.39. The highest BCUT2D eigenvalue weighted by molar-refractivity contribution is 6.23. The van der Waals surface area contributed by atoms with Crippen LogP contribution in [-0.4, -0.2) is 22.3 Å². The first-order chi connectivity index (χ1) is 12.2. The molecule has 0 radical (unpaired) electrons. The number of hydrogen-bond acceptors (Lipinski definition) is 5. The number of pyridine rings is 1. The van der Waals surface area contributed by atoms with Crippen molar-refractivity contribution in [3.8, 4) is 5.69 Å². The van der Waals surface area contributed by atoms with Crippen molar-refractivity contribution in [2.75, 3.05) is 5.73 Å². The number of amides is 3. The van der Waals surface area contributed by atoms with Gasteiger partial charge < -0.3 is 11.1 Å². The average molecular weight is 352 g/mol. The molecule has 4 rings (SSSR count). The third-order valence-corrected chi connectivity index (χ3v) is 4.96. The second-order valence-corrected chi connectivity index (χ2v) is 6.89. The summed E-state index contributed by atoms with van der Waals surface area (Å²) < 4.78 is 1.19. The molecule has 26 heavy (non-hydrogen) atoms. The molecule has 0 bridgehead atoms. The Morgan fingerprint density at radius 2 is 1.85 bits per heavy atom. The van der Waals surface area contributed by atoms with Gasteiger partial charge in [0, 0.05) is 12.6 Å². The first-order valence-corrected chi connectivity index (χ1v) is 8.05. The van der Waals surface area contributed by atoms with Gasteiger partial charge in [0.1, 0.15) is 5.82 Å². The van der Waals surface area contributed by atoms with Crippen LogP contribution in [0.3, 0.4) is 0 Å². The predicted octanol–water partition coefficient (Wildman–Crippen LogP) is 0.211. The number of nitrogens with one attached hydrogen (secondary N) is 2. The highest BCUT2D eigenvalue weighted by atomic mass is 16.2. The lowest BCUT2D eigenvalue weighted by atomic mass is 9.77. The van der Waals surface area contributed by atoms with Crippen molar-refractivity contribution in [3.63, 3.8) is 0 Å². The van der Waals surface area contributed by atoms with E-state index in [0.717, 1.165) is 11.6 Å². The van der Waals surface area contributed by atoms with E-state index in [1.54, 1.807) is 26.0 Å². The van der Waals surface area contributed by atoms with Gasteiger partial charge in [-0.15, -0.1) is 0 Å². The molecule has 0 unspecified atom stereocenters. The molecule has 2 aliphatic heterocycles. The van der Waals surface area contributed by atoms with E-state index in [2.05, 4.69) is 10.6 Å². The van der Waals surface area contributed by atoms with Crippen LogP contribution in [0, 0.1) is 0 Å². The number of nitrogens with zero attached hydrogens (tertiary/aromatic N) is 1. The molecule has 1 aromatic heterocycles. The summed E-state index contributed by atoms with van der Waals surface area (Å²) in [6.07, 6.45) is 0. The van der Waals surface area contributed by atoms with Crippen molar-refractivity contribution in [2.24, 2.45) is 0 Å². The van der Waals surface area contributed by atoms with E-state index in [1.807, 2.05) is 6.07 Å². The number of imide groups is 1. The molecule has 1 aromatic carbocycles. The summed E-state index contributed by atoms with van der Waals surface area (Å²) in [5.41, 5.74) is 6.59. The van der Waals surface area contributed by atoms with Crippen molar-refractivity contribution >= 4 is 23.5 Å². The third-order valence-electron chi connectivity index (χ3n) is 4.96. The Balaban J connectivity index is 2.08. The molecule has 2 aromatic rings. The summed E-state index contributed by atoms with van der Waals surface area (Å²) in [6, 6.07) is 6.40. The van der Waals surface area contributed by atoms with Crippen LogP contribution in [-0.2, 0) is 16.8 Å². The lowest BCUT2D eigenvalue weighted by Crippen LogP contribution is -2.46. The number of anilines is 1. The van der Waals surface area contributed by atoms with Gasteiger partial charge in [0.2, 0.25) is 5.91 Å². The monoisotopic (exact) mass is 352 g/mol. The summed E-state index contributed by atoms with van der Waals surface area (Å²) in [5.74, 6) is -1.57. The number of hydrogen-bond donors (Lipinski definition) is 3. The molecule has 4 N–H and O–H groups in total. The number of aromatic nitrogens is 1. The van der Waals surface area contributed by atoms with E-state index < -0.39 is 22.8 Å². The number of nitrogen functional groups attached to an aromatic ring is 1. The summed E-state index contributed by atoms with van der Waals surface area (Å²) in [4.78, 5) is 49.0. The van der Waals surface area contributed by atoms with Gasteiger partial charge in [-0.25, -0.2) is 0 Å². The first kappa shape index (κ1) is 16.1. The van der Waals surface area contributed by atoms with Crippen LogP contribution in [0.2, 0.25) is 0 Å². The SMILES string of the molecule is CC1(C)C(=O)NCc2cccc(-n3c(N)c4c(cc3=O)C(=O)NC4=O)c21. The van der Waals surface area contributed by atoms with E-state index >= 15 is 0 Å². The summed E-state index contributed by atoms with van der Waals surface area (Å²) in [7, 11) is 0. The van der Waals surface area contributed by atoms with Crippen LogP contribution in [0.5, 0.6) is 0 Å². The fourth-order valence-corrected chi connectivity index (χ4v) is 3.68. The smallest absolute Gasteiger partial charge is 0.262 e. The van der Waals surface area contributed by atoms with Gasteiger partial charge >= 0.3 is 0 Å². The van der Waals surface area contributed by atoms with E-state index in [9.17, 15) is 19.2 Å². The Morgan fingerprint density at radius 1 is 1.12 bits per heavy atom. The average Bonchev–Trinajstić information content (AvgIpc) is 2.85.